The van der Waals surface area contributed by atoms with Crippen LogP contribution in [0.1, 0.15) is 23.0 Å². The first-order chi connectivity index (χ1) is 12.1. The van der Waals surface area contributed by atoms with Crippen molar-refractivity contribution in [3.8, 4) is 22.7 Å². The SMILES string of the molecule is CCOC(=O)c1cc(-c2ccc(C)cc2)n(-c2ccc(OC)cc2)n1. The Morgan fingerprint density at radius 3 is 2.36 bits per heavy atom. The van der Waals surface area contributed by atoms with Gasteiger partial charge in [0.1, 0.15) is 5.75 Å². The van der Waals surface area contributed by atoms with Gasteiger partial charge in [-0.15, -0.1) is 0 Å². The fourth-order valence-corrected chi connectivity index (χ4v) is 2.54. The first-order valence-electron chi connectivity index (χ1n) is 8.11. The lowest BCUT2D eigenvalue weighted by Crippen LogP contribution is -2.06. The molecular weight excluding hydrogens is 316 g/mol. The number of hydrogen-bond donors (Lipinski definition) is 0. The second-order valence-electron chi connectivity index (χ2n) is 5.61. The Balaban J connectivity index is 2.10. The van der Waals surface area contributed by atoms with Crippen molar-refractivity contribution in [2.24, 2.45) is 0 Å². The monoisotopic (exact) mass is 336 g/mol. The number of carbonyl (C=O) groups is 1. The smallest absolute Gasteiger partial charge is 0.358 e. The molecule has 1 aromatic heterocycles. The molecule has 3 aromatic rings. The zero-order valence-corrected chi connectivity index (χ0v) is 14.5. The van der Waals surface area contributed by atoms with E-state index in [0.717, 1.165) is 22.7 Å². The highest BCUT2D eigenvalue weighted by molar-refractivity contribution is 5.89. The molecule has 3 rings (SSSR count). The summed E-state index contributed by atoms with van der Waals surface area (Å²) in [5.74, 6) is 0.335. The zero-order valence-electron chi connectivity index (χ0n) is 14.5. The molecule has 0 amide bonds. The van der Waals surface area contributed by atoms with Gasteiger partial charge in [0.2, 0.25) is 0 Å². The van der Waals surface area contributed by atoms with Gasteiger partial charge in [-0.2, -0.15) is 5.10 Å². The van der Waals surface area contributed by atoms with Crippen molar-refractivity contribution in [3.05, 3.63) is 65.9 Å². The summed E-state index contributed by atoms with van der Waals surface area (Å²) in [6.45, 7) is 4.13. The third-order valence-corrected chi connectivity index (χ3v) is 3.86. The third kappa shape index (κ3) is 3.55. The highest BCUT2D eigenvalue weighted by Crippen LogP contribution is 2.26. The molecule has 25 heavy (non-hydrogen) atoms. The van der Waals surface area contributed by atoms with E-state index >= 15 is 0 Å². The van der Waals surface area contributed by atoms with Gasteiger partial charge in [0.25, 0.3) is 0 Å². The standard InChI is InChI=1S/C20H20N2O3/c1-4-25-20(23)18-13-19(15-7-5-14(2)6-8-15)22(21-18)16-9-11-17(24-3)12-10-16/h5-13H,4H2,1-3H3. The number of carbonyl (C=O) groups excluding carboxylic acids is 1. The second-order valence-corrected chi connectivity index (χ2v) is 5.61. The van der Waals surface area contributed by atoms with E-state index < -0.39 is 5.97 Å². The maximum atomic E-state index is 12.1. The van der Waals surface area contributed by atoms with Crippen molar-refractivity contribution in [2.45, 2.75) is 13.8 Å². The Labute approximate surface area is 146 Å². The second kappa shape index (κ2) is 7.21. The molecule has 0 aliphatic heterocycles. The van der Waals surface area contributed by atoms with Crippen molar-refractivity contribution < 1.29 is 14.3 Å². The molecule has 0 radical (unpaired) electrons. The third-order valence-electron chi connectivity index (χ3n) is 3.86. The zero-order chi connectivity index (χ0) is 17.8. The lowest BCUT2D eigenvalue weighted by Gasteiger charge is -2.08. The number of aromatic nitrogens is 2. The van der Waals surface area contributed by atoms with Gasteiger partial charge in [0.05, 0.1) is 25.1 Å². The van der Waals surface area contributed by atoms with E-state index in [1.54, 1.807) is 24.8 Å². The Morgan fingerprint density at radius 2 is 1.76 bits per heavy atom. The van der Waals surface area contributed by atoms with Gasteiger partial charge in [-0.25, -0.2) is 9.48 Å². The first-order valence-corrected chi connectivity index (χ1v) is 8.11. The summed E-state index contributed by atoms with van der Waals surface area (Å²) >= 11 is 0. The molecule has 0 saturated heterocycles. The normalized spacial score (nSPS) is 10.5. The molecule has 0 bridgehead atoms. The molecule has 0 aliphatic carbocycles. The molecule has 1 heterocycles. The highest BCUT2D eigenvalue weighted by Gasteiger charge is 2.17. The maximum Gasteiger partial charge on any atom is 0.358 e. The molecule has 128 valence electrons. The van der Waals surface area contributed by atoms with E-state index in [9.17, 15) is 4.79 Å². The predicted octanol–water partition coefficient (Wildman–Crippen LogP) is 4.03. The minimum atomic E-state index is -0.428. The Kier molecular flexibility index (Phi) is 4.84. The summed E-state index contributed by atoms with van der Waals surface area (Å²) in [7, 11) is 1.62. The van der Waals surface area contributed by atoms with E-state index in [4.69, 9.17) is 9.47 Å². The van der Waals surface area contributed by atoms with Gasteiger partial charge in [-0.3, -0.25) is 0 Å². The number of hydrogen-bond acceptors (Lipinski definition) is 4. The predicted molar refractivity (Wildman–Crippen MR) is 96.2 cm³/mol. The molecule has 0 fully saturated rings. The van der Waals surface area contributed by atoms with Crippen molar-refractivity contribution in [1.82, 2.24) is 9.78 Å². The fourth-order valence-electron chi connectivity index (χ4n) is 2.54. The Bertz CT molecular complexity index is 865. The van der Waals surface area contributed by atoms with Gasteiger partial charge in [-0.05, 0) is 44.2 Å². The number of aryl methyl sites for hydroxylation is 1. The summed E-state index contributed by atoms with van der Waals surface area (Å²) < 4.78 is 12.0. The molecule has 5 heteroatoms. The van der Waals surface area contributed by atoms with Crippen LogP contribution in [0.5, 0.6) is 5.75 Å². The summed E-state index contributed by atoms with van der Waals surface area (Å²) in [6, 6.07) is 17.4. The van der Waals surface area contributed by atoms with Crippen molar-refractivity contribution in [1.29, 1.82) is 0 Å². The average Bonchev–Trinajstić information content (AvgIpc) is 3.08. The van der Waals surface area contributed by atoms with Crippen LogP contribution in [-0.2, 0) is 4.74 Å². The van der Waals surface area contributed by atoms with Crippen molar-refractivity contribution >= 4 is 5.97 Å². The number of rotatable bonds is 5. The van der Waals surface area contributed by atoms with Crippen LogP contribution in [0.4, 0.5) is 0 Å². The van der Waals surface area contributed by atoms with Gasteiger partial charge in [-0.1, -0.05) is 29.8 Å². The molecule has 0 atom stereocenters. The van der Waals surface area contributed by atoms with E-state index in [2.05, 4.69) is 5.10 Å². The quantitative estimate of drug-likeness (QED) is 0.660. The number of ether oxygens (including phenoxy) is 2. The minimum Gasteiger partial charge on any atom is -0.497 e. The minimum absolute atomic E-state index is 0.285. The molecule has 0 spiro atoms. The summed E-state index contributed by atoms with van der Waals surface area (Å²) in [5, 5.41) is 4.45. The molecule has 2 aromatic carbocycles. The van der Waals surface area contributed by atoms with E-state index in [1.807, 2.05) is 55.5 Å². The summed E-state index contributed by atoms with van der Waals surface area (Å²) in [4.78, 5) is 12.1. The van der Waals surface area contributed by atoms with Crippen LogP contribution in [-0.4, -0.2) is 29.5 Å². The number of benzene rings is 2. The van der Waals surface area contributed by atoms with Gasteiger partial charge < -0.3 is 9.47 Å². The maximum absolute atomic E-state index is 12.1. The average molecular weight is 336 g/mol. The Morgan fingerprint density at radius 1 is 1.08 bits per heavy atom. The fraction of sp³-hybridized carbons (Fsp3) is 0.200. The summed E-state index contributed by atoms with van der Waals surface area (Å²) in [6.07, 6.45) is 0. The molecule has 0 unspecified atom stereocenters. The van der Waals surface area contributed by atoms with E-state index in [0.29, 0.717) is 6.61 Å². The van der Waals surface area contributed by atoms with Gasteiger partial charge in [0, 0.05) is 5.56 Å². The van der Waals surface area contributed by atoms with Crippen molar-refractivity contribution in [2.75, 3.05) is 13.7 Å². The number of esters is 1. The van der Waals surface area contributed by atoms with Crippen LogP contribution in [0, 0.1) is 6.92 Å². The topological polar surface area (TPSA) is 53.4 Å². The number of methoxy groups -OCH3 is 1. The summed E-state index contributed by atoms with van der Waals surface area (Å²) in [5.41, 5.74) is 4.10. The highest BCUT2D eigenvalue weighted by atomic mass is 16.5. The lowest BCUT2D eigenvalue weighted by atomic mass is 10.1. The van der Waals surface area contributed by atoms with Crippen LogP contribution in [0.3, 0.4) is 0 Å². The molecular formula is C20H20N2O3. The van der Waals surface area contributed by atoms with Crippen molar-refractivity contribution in [3.63, 3.8) is 0 Å². The van der Waals surface area contributed by atoms with E-state index in [-0.39, 0.29) is 5.69 Å². The molecule has 5 nitrogen and oxygen atoms in total. The first kappa shape index (κ1) is 16.8. The van der Waals surface area contributed by atoms with E-state index in [1.165, 1.54) is 5.56 Å². The number of nitrogens with zero attached hydrogens (tertiary/aromatic N) is 2. The van der Waals surface area contributed by atoms with Crippen LogP contribution >= 0.6 is 0 Å². The molecule has 0 aliphatic rings. The molecule has 0 N–H and O–H groups in total. The molecule has 0 saturated carbocycles. The van der Waals surface area contributed by atoms with Crippen LogP contribution in [0.15, 0.2) is 54.6 Å². The van der Waals surface area contributed by atoms with Crippen LogP contribution < -0.4 is 4.74 Å². The Hall–Kier alpha value is -3.08. The van der Waals surface area contributed by atoms with Gasteiger partial charge >= 0.3 is 5.97 Å². The van der Waals surface area contributed by atoms with Gasteiger partial charge in [0.15, 0.2) is 5.69 Å². The van der Waals surface area contributed by atoms with Crippen LogP contribution in [0.25, 0.3) is 16.9 Å². The van der Waals surface area contributed by atoms with Crippen LogP contribution in [0.2, 0.25) is 0 Å². The lowest BCUT2D eigenvalue weighted by molar-refractivity contribution is 0.0519. The largest absolute Gasteiger partial charge is 0.497 e.